The molecule has 0 radical (unpaired) electrons. The standard InChI is InChI=1S/C15H21NO3S/c1-3-16-15-11-7-5-6-8-12(11)19-9-13(15)20-10-14(17)18-4-2/h5-8,13,15-16H,3-4,9-10H2,1-2H3. The number of hydrogen-bond acceptors (Lipinski definition) is 5. The average molecular weight is 295 g/mol. The molecule has 110 valence electrons. The molecule has 0 aromatic heterocycles. The Morgan fingerprint density at radius 2 is 2.25 bits per heavy atom. The summed E-state index contributed by atoms with van der Waals surface area (Å²) in [6.45, 7) is 5.84. The number of ether oxygens (including phenoxy) is 2. The van der Waals surface area contributed by atoms with Crippen molar-refractivity contribution in [3.8, 4) is 5.75 Å². The third-order valence-electron chi connectivity index (χ3n) is 3.17. The van der Waals surface area contributed by atoms with E-state index in [1.54, 1.807) is 11.8 Å². The van der Waals surface area contributed by atoms with Gasteiger partial charge in [0.25, 0.3) is 0 Å². The topological polar surface area (TPSA) is 47.6 Å². The molecule has 2 atom stereocenters. The lowest BCUT2D eigenvalue weighted by Gasteiger charge is -2.33. The van der Waals surface area contributed by atoms with Gasteiger partial charge in [-0.1, -0.05) is 25.1 Å². The van der Waals surface area contributed by atoms with Gasteiger partial charge in [0.05, 0.1) is 23.7 Å². The number of fused-ring (bicyclic) bond motifs is 1. The molecule has 1 aromatic rings. The van der Waals surface area contributed by atoms with Crippen LogP contribution in [0.4, 0.5) is 0 Å². The minimum Gasteiger partial charge on any atom is -0.492 e. The zero-order valence-electron chi connectivity index (χ0n) is 11.9. The molecule has 5 heteroatoms. The number of nitrogens with one attached hydrogen (secondary N) is 1. The van der Waals surface area contributed by atoms with E-state index in [2.05, 4.69) is 18.3 Å². The second-order valence-corrected chi connectivity index (χ2v) is 5.77. The minimum atomic E-state index is -0.161. The molecule has 1 aromatic carbocycles. The number of benzene rings is 1. The summed E-state index contributed by atoms with van der Waals surface area (Å²) in [4.78, 5) is 11.5. The van der Waals surface area contributed by atoms with Gasteiger partial charge in [-0.15, -0.1) is 11.8 Å². The second kappa shape index (κ2) is 7.55. The van der Waals surface area contributed by atoms with E-state index in [0.29, 0.717) is 19.0 Å². The first kappa shape index (κ1) is 15.2. The molecule has 1 N–H and O–H groups in total. The van der Waals surface area contributed by atoms with Crippen molar-refractivity contribution in [2.45, 2.75) is 25.1 Å². The third-order valence-corrected chi connectivity index (χ3v) is 4.41. The summed E-state index contributed by atoms with van der Waals surface area (Å²) in [5, 5.41) is 3.71. The Hall–Kier alpha value is -1.20. The minimum absolute atomic E-state index is 0.161. The Kier molecular flexibility index (Phi) is 5.73. The molecule has 0 saturated carbocycles. The summed E-state index contributed by atoms with van der Waals surface area (Å²) in [5.41, 5.74) is 1.17. The van der Waals surface area contributed by atoms with Gasteiger partial charge in [0.1, 0.15) is 12.4 Å². The van der Waals surface area contributed by atoms with Crippen molar-refractivity contribution in [2.24, 2.45) is 0 Å². The van der Waals surface area contributed by atoms with E-state index in [4.69, 9.17) is 9.47 Å². The summed E-state index contributed by atoms with van der Waals surface area (Å²) in [6.07, 6.45) is 0. The van der Waals surface area contributed by atoms with Crippen molar-refractivity contribution in [1.82, 2.24) is 5.32 Å². The fourth-order valence-electron chi connectivity index (χ4n) is 2.32. The number of rotatable bonds is 6. The molecule has 0 fully saturated rings. The van der Waals surface area contributed by atoms with Gasteiger partial charge in [-0.3, -0.25) is 4.79 Å². The maximum Gasteiger partial charge on any atom is 0.315 e. The molecule has 0 bridgehead atoms. The highest BCUT2D eigenvalue weighted by Crippen LogP contribution is 2.37. The van der Waals surface area contributed by atoms with Crippen LogP contribution in [-0.4, -0.2) is 36.7 Å². The van der Waals surface area contributed by atoms with E-state index in [1.807, 2.05) is 25.1 Å². The first-order chi connectivity index (χ1) is 9.76. The van der Waals surface area contributed by atoms with Crippen molar-refractivity contribution in [1.29, 1.82) is 0 Å². The summed E-state index contributed by atoms with van der Waals surface area (Å²) in [6, 6.07) is 8.29. The van der Waals surface area contributed by atoms with Gasteiger partial charge in [-0.05, 0) is 19.5 Å². The first-order valence-electron chi connectivity index (χ1n) is 6.98. The monoisotopic (exact) mass is 295 g/mol. The van der Waals surface area contributed by atoms with Gasteiger partial charge in [-0.2, -0.15) is 0 Å². The zero-order chi connectivity index (χ0) is 14.4. The molecule has 20 heavy (non-hydrogen) atoms. The molecule has 0 amide bonds. The van der Waals surface area contributed by atoms with Crippen LogP contribution in [0.25, 0.3) is 0 Å². The van der Waals surface area contributed by atoms with Crippen molar-refractivity contribution >= 4 is 17.7 Å². The molecule has 0 aliphatic carbocycles. The number of hydrogen-bond donors (Lipinski definition) is 1. The molecule has 0 spiro atoms. The normalized spacial score (nSPS) is 20.9. The van der Waals surface area contributed by atoms with Crippen LogP contribution >= 0.6 is 11.8 Å². The van der Waals surface area contributed by atoms with Gasteiger partial charge in [0, 0.05) is 5.56 Å². The zero-order valence-corrected chi connectivity index (χ0v) is 12.7. The number of carbonyl (C=O) groups excluding carboxylic acids is 1. The van der Waals surface area contributed by atoms with Crippen molar-refractivity contribution in [3.05, 3.63) is 29.8 Å². The fourth-order valence-corrected chi connectivity index (χ4v) is 3.35. The van der Waals surface area contributed by atoms with E-state index in [0.717, 1.165) is 12.3 Å². The molecular weight excluding hydrogens is 274 g/mol. The largest absolute Gasteiger partial charge is 0.492 e. The van der Waals surface area contributed by atoms with E-state index in [9.17, 15) is 4.79 Å². The lowest BCUT2D eigenvalue weighted by atomic mass is 10.0. The summed E-state index contributed by atoms with van der Waals surface area (Å²) >= 11 is 1.60. The Morgan fingerprint density at radius 1 is 1.45 bits per heavy atom. The SMILES string of the molecule is CCNC1c2ccccc2OCC1SCC(=O)OCC. The molecule has 2 rings (SSSR count). The molecular formula is C15H21NO3S. The van der Waals surface area contributed by atoms with Crippen LogP contribution in [0.5, 0.6) is 5.75 Å². The van der Waals surface area contributed by atoms with Crippen LogP contribution in [0.1, 0.15) is 25.5 Å². The van der Waals surface area contributed by atoms with Crippen LogP contribution in [0.2, 0.25) is 0 Å². The quantitative estimate of drug-likeness (QED) is 0.817. The van der Waals surface area contributed by atoms with Crippen LogP contribution < -0.4 is 10.1 Å². The van der Waals surface area contributed by atoms with E-state index < -0.39 is 0 Å². The maximum absolute atomic E-state index is 11.5. The van der Waals surface area contributed by atoms with Gasteiger partial charge in [-0.25, -0.2) is 0 Å². The van der Waals surface area contributed by atoms with Gasteiger partial charge < -0.3 is 14.8 Å². The van der Waals surface area contributed by atoms with E-state index in [1.165, 1.54) is 5.56 Å². The van der Waals surface area contributed by atoms with Crippen LogP contribution in [0, 0.1) is 0 Å². The molecule has 1 aliphatic rings. The highest BCUT2D eigenvalue weighted by atomic mass is 32.2. The Labute approximate surface area is 124 Å². The number of carbonyl (C=O) groups is 1. The first-order valence-corrected chi connectivity index (χ1v) is 8.03. The van der Waals surface area contributed by atoms with Crippen LogP contribution in [0.15, 0.2) is 24.3 Å². The Morgan fingerprint density at radius 3 is 3.00 bits per heavy atom. The third kappa shape index (κ3) is 3.67. The Balaban J connectivity index is 2.04. The van der Waals surface area contributed by atoms with Crippen LogP contribution in [-0.2, 0) is 9.53 Å². The second-order valence-electron chi connectivity index (χ2n) is 4.54. The predicted molar refractivity (Wildman–Crippen MR) is 81.2 cm³/mol. The highest BCUT2D eigenvalue weighted by Gasteiger charge is 2.31. The maximum atomic E-state index is 11.5. The predicted octanol–water partition coefficient (Wildman–Crippen LogP) is 2.39. The van der Waals surface area contributed by atoms with Crippen LogP contribution in [0.3, 0.4) is 0 Å². The fraction of sp³-hybridized carbons (Fsp3) is 0.533. The van der Waals surface area contributed by atoms with E-state index in [-0.39, 0.29) is 17.3 Å². The number of para-hydroxylation sites is 1. The summed E-state index contributed by atoms with van der Waals surface area (Å²) < 4.78 is 10.8. The summed E-state index contributed by atoms with van der Waals surface area (Å²) in [5.74, 6) is 1.14. The van der Waals surface area contributed by atoms with E-state index >= 15 is 0 Å². The Bertz CT molecular complexity index is 452. The van der Waals surface area contributed by atoms with Gasteiger partial charge in [0.15, 0.2) is 0 Å². The smallest absolute Gasteiger partial charge is 0.315 e. The molecule has 0 saturated heterocycles. The lowest BCUT2D eigenvalue weighted by molar-refractivity contribution is -0.139. The molecule has 1 heterocycles. The number of esters is 1. The average Bonchev–Trinajstić information content (AvgIpc) is 2.47. The van der Waals surface area contributed by atoms with Crippen molar-refractivity contribution in [3.63, 3.8) is 0 Å². The van der Waals surface area contributed by atoms with Crippen molar-refractivity contribution in [2.75, 3.05) is 25.5 Å². The van der Waals surface area contributed by atoms with Gasteiger partial charge in [0.2, 0.25) is 0 Å². The molecule has 4 nitrogen and oxygen atoms in total. The molecule has 1 aliphatic heterocycles. The molecule has 2 unspecified atom stereocenters. The number of thioether (sulfide) groups is 1. The van der Waals surface area contributed by atoms with Gasteiger partial charge >= 0.3 is 5.97 Å². The highest BCUT2D eigenvalue weighted by molar-refractivity contribution is 8.00. The summed E-state index contributed by atoms with van der Waals surface area (Å²) in [7, 11) is 0. The lowest BCUT2D eigenvalue weighted by Crippen LogP contribution is -2.38. The van der Waals surface area contributed by atoms with Crippen molar-refractivity contribution < 1.29 is 14.3 Å².